The lowest BCUT2D eigenvalue weighted by Gasteiger charge is -2.11. The summed E-state index contributed by atoms with van der Waals surface area (Å²) < 4.78 is 30.4. The molecule has 1 unspecified atom stereocenters. The van der Waals surface area contributed by atoms with E-state index in [0.29, 0.717) is 0 Å². The first-order valence-corrected chi connectivity index (χ1v) is 8.01. The second-order valence-corrected chi connectivity index (χ2v) is 7.01. The number of hydrogen-bond acceptors (Lipinski definition) is 6. The molecular weight excluding hydrogens is 302 g/mol. The number of rotatable bonds is 5. The number of hydrogen-bond donors (Lipinski definition) is 2. The average molecular weight is 317 g/mol. The molecule has 0 bridgehead atoms. The van der Waals surface area contributed by atoms with E-state index in [1.54, 1.807) is 12.1 Å². The summed E-state index contributed by atoms with van der Waals surface area (Å²) in [4.78, 5) is 12.7. The molecule has 20 heavy (non-hydrogen) atoms. The van der Waals surface area contributed by atoms with E-state index < -0.39 is 21.2 Å². The van der Waals surface area contributed by atoms with E-state index in [9.17, 15) is 13.2 Å². The highest BCUT2D eigenvalue weighted by molar-refractivity contribution is 7.90. The fourth-order valence-corrected chi connectivity index (χ4v) is 3.13. The van der Waals surface area contributed by atoms with Crippen molar-refractivity contribution in [2.24, 2.45) is 0 Å². The predicted octanol–water partition coefficient (Wildman–Crippen LogP) is 0.0728. The first-order chi connectivity index (χ1) is 9.40. The van der Waals surface area contributed by atoms with Gasteiger partial charge >= 0.3 is 5.97 Å². The lowest BCUT2D eigenvalue weighted by atomic mass is 10.4. The first kappa shape index (κ1) is 16.7. The van der Waals surface area contributed by atoms with Gasteiger partial charge < -0.3 is 9.84 Å². The van der Waals surface area contributed by atoms with Crippen molar-refractivity contribution in [2.75, 3.05) is 13.7 Å². The molecule has 1 rings (SSSR count). The molecule has 0 aliphatic heterocycles. The Morgan fingerprint density at radius 1 is 1.55 bits per heavy atom. The van der Waals surface area contributed by atoms with Crippen LogP contribution in [0, 0.1) is 11.8 Å². The van der Waals surface area contributed by atoms with Gasteiger partial charge in [-0.15, -0.1) is 11.3 Å². The minimum absolute atomic E-state index is 0.0785. The normalized spacial score (nSPS) is 12.3. The standard InChI is InChI=1S/C12H15NO5S2/c1-9(12(15)18-2)20(16,17)13-8-11-6-5-10(19-11)4-3-7-14/h5-6,9,13-14H,7-8H2,1-2H3. The maximum Gasteiger partial charge on any atom is 0.325 e. The number of nitrogens with one attached hydrogen (secondary N) is 1. The maximum absolute atomic E-state index is 11.8. The Hall–Kier alpha value is -1.40. The van der Waals surface area contributed by atoms with Crippen LogP contribution in [0.2, 0.25) is 0 Å². The molecule has 0 aliphatic carbocycles. The number of aliphatic hydroxyl groups excluding tert-OH is 1. The molecular formula is C12H15NO5S2. The summed E-state index contributed by atoms with van der Waals surface area (Å²) >= 11 is 1.31. The number of ether oxygens (including phenoxy) is 1. The summed E-state index contributed by atoms with van der Waals surface area (Å²) in [6, 6.07) is 3.47. The van der Waals surface area contributed by atoms with Crippen LogP contribution in [-0.4, -0.2) is 38.5 Å². The smallest absolute Gasteiger partial charge is 0.325 e. The van der Waals surface area contributed by atoms with Gasteiger partial charge in [0.2, 0.25) is 10.0 Å². The lowest BCUT2D eigenvalue weighted by Crippen LogP contribution is -2.37. The molecule has 0 aromatic carbocycles. The Kier molecular flexibility index (Phi) is 6.16. The van der Waals surface area contributed by atoms with E-state index in [2.05, 4.69) is 21.3 Å². The molecule has 0 spiro atoms. The largest absolute Gasteiger partial charge is 0.468 e. The number of carbonyl (C=O) groups excluding carboxylic acids is 1. The molecule has 8 heteroatoms. The first-order valence-electron chi connectivity index (χ1n) is 5.65. The average Bonchev–Trinajstić information content (AvgIpc) is 2.89. The molecule has 0 amide bonds. The van der Waals surface area contributed by atoms with Gasteiger partial charge in [0.1, 0.15) is 6.61 Å². The third-order valence-electron chi connectivity index (χ3n) is 2.40. The fraction of sp³-hybridized carbons (Fsp3) is 0.417. The van der Waals surface area contributed by atoms with Crippen LogP contribution in [-0.2, 0) is 26.1 Å². The van der Waals surface area contributed by atoms with Gasteiger partial charge in [0, 0.05) is 11.4 Å². The predicted molar refractivity (Wildman–Crippen MR) is 75.5 cm³/mol. The second kappa shape index (κ2) is 7.40. The molecule has 1 atom stereocenters. The fourth-order valence-electron chi connectivity index (χ4n) is 1.26. The summed E-state index contributed by atoms with van der Waals surface area (Å²) in [5.74, 6) is 4.43. The molecule has 0 radical (unpaired) electrons. The summed E-state index contributed by atoms with van der Waals surface area (Å²) in [5, 5.41) is 7.31. The number of esters is 1. The van der Waals surface area contributed by atoms with Crippen LogP contribution in [0.25, 0.3) is 0 Å². The molecule has 0 fully saturated rings. The van der Waals surface area contributed by atoms with Gasteiger partial charge in [-0.25, -0.2) is 13.1 Å². The molecule has 6 nitrogen and oxygen atoms in total. The quantitative estimate of drug-likeness (QED) is 0.592. The zero-order valence-corrected chi connectivity index (χ0v) is 12.7. The summed E-state index contributed by atoms with van der Waals surface area (Å²) in [7, 11) is -2.63. The number of methoxy groups -OCH3 is 1. The molecule has 0 aliphatic rings. The van der Waals surface area contributed by atoms with E-state index in [1.807, 2.05) is 0 Å². The Morgan fingerprint density at radius 3 is 2.85 bits per heavy atom. The molecule has 0 saturated heterocycles. The van der Waals surface area contributed by atoms with Crippen molar-refractivity contribution in [3.63, 3.8) is 0 Å². The van der Waals surface area contributed by atoms with E-state index in [1.165, 1.54) is 18.3 Å². The molecule has 1 aromatic rings. The molecule has 110 valence electrons. The number of sulfonamides is 1. The van der Waals surface area contributed by atoms with Gasteiger partial charge in [0.25, 0.3) is 0 Å². The Bertz CT molecular complexity index is 624. The Balaban J connectivity index is 2.67. The van der Waals surface area contributed by atoms with Gasteiger partial charge in [-0.3, -0.25) is 4.79 Å². The van der Waals surface area contributed by atoms with Crippen molar-refractivity contribution in [3.8, 4) is 11.8 Å². The minimum Gasteiger partial charge on any atom is -0.468 e. The van der Waals surface area contributed by atoms with Gasteiger partial charge in [0.05, 0.1) is 12.0 Å². The third-order valence-corrected chi connectivity index (χ3v) is 5.07. The van der Waals surface area contributed by atoms with Crippen LogP contribution < -0.4 is 4.72 Å². The van der Waals surface area contributed by atoms with E-state index in [4.69, 9.17) is 5.11 Å². The highest BCUT2D eigenvalue weighted by atomic mass is 32.2. The van der Waals surface area contributed by atoms with Crippen molar-refractivity contribution in [1.29, 1.82) is 0 Å². The van der Waals surface area contributed by atoms with Crippen LogP contribution in [0.1, 0.15) is 16.7 Å². The zero-order chi connectivity index (χ0) is 15.2. The summed E-state index contributed by atoms with van der Waals surface area (Å²) in [6.45, 7) is 1.12. The highest BCUT2D eigenvalue weighted by Crippen LogP contribution is 2.15. The van der Waals surface area contributed by atoms with Gasteiger partial charge in [0.15, 0.2) is 5.25 Å². The Labute approximate surface area is 121 Å². The second-order valence-electron chi connectivity index (χ2n) is 3.76. The van der Waals surface area contributed by atoms with Crippen molar-refractivity contribution >= 4 is 27.3 Å². The van der Waals surface area contributed by atoms with Gasteiger partial charge in [-0.2, -0.15) is 0 Å². The van der Waals surface area contributed by atoms with Crippen LogP contribution in [0.5, 0.6) is 0 Å². The topological polar surface area (TPSA) is 92.7 Å². The maximum atomic E-state index is 11.8. The van der Waals surface area contributed by atoms with E-state index in [0.717, 1.165) is 16.9 Å². The van der Waals surface area contributed by atoms with Crippen molar-refractivity contribution in [3.05, 3.63) is 21.9 Å². The van der Waals surface area contributed by atoms with Crippen molar-refractivity contribution < 1.29 is 23.1 Å². The van der Waals surface area contributed by atoms with Gasteiger partial charge in [-0.05, 0) is 19.1 Å². The van der Waals surface area contributed by atoms with Gasteiger partial charge in [-0.1, -0.05) is 11.8 Å². The lowest BCUT2D eigenvalue weighted by molar-refractivity contribution is -0.139. The molecule has 1 aromatic heterocycles. The van der Waals surface area contributed by atoms with Crippen LogP contribution in [0.4, 0.5) is 0 Å². The molecule has 1 heterocycles. The summed E-state index contributed by atoms with van der Waals surface area (Å²) in [5.41, 5.74) is 0. The summed E-state index contributed by atoms with van der Waals surface area (Å²) in [6.07, 6.45) is 0. The zero-order valence-electron chi connectivity index (χ0n) is 11.0. The molecule has 0 saturated carbocycles. The number of aliphatic hydroxyl groups is 1. The highest BCUT2D eigenvalue weighted by Gasteiger charge is 2.28. The van der Waals surface area contributed by atoms with Crippen molar-refractivity contribution in [2.45, 2.75) is 18.7 Å². The monoisotopic (exact) mass is 317 g/mol. The van der Waals surface area contributed by atoms with Crippen LogP contribution in [0.15, 0.2) is 12.1 Å². The minimum atomic E-state index is -3.77. The number of carbonyl (C=O) groups is 1. The Morgan fingerprint density at radius 2 is 2.25 bits per heavy atom. The third kappa shape index (κ3) is 4.61. The van der Waals surface area contributed by atoms with E-state index >= 15 is 0 Å². The molecule has 2 N–H and O–H groups in total. The van der Waals surface area contributed by atoms with Crippen molar-refractivity contribution in [1.82, 2.24) is 4.72 Å². The van der Waals surface area contributed by atoms with E-state index in [-0.39, 0.29) is 13.2 Å². The number of thiophene rings is 1. The van der Waals surface area contributed by atoms with Crippen LogP contribution in [0.3, 0.4) is 0 Å². The SMILES string of the molecule is COC(=O)C(C)S(=O)(=O)NCc1ccc(C#CCO)s1. The van der Waals surface area contributed by atoms with Crippen LogP contribution >= 0.6 is 11.3 Å².